The SMILES string of the molecule is CCCCc1cc(C(C)C)ccc1-c1ccccc1O. The first-order valence-corrected chi connectivity index (χ1v) is 7.54. The Morgan fingerprint density at radius 1 is 1.00 bits per heavy atom. The van der Waals surface area contributed by atoms with Crippen LogP contribution in [0.1, 0.15) is 50.7 Å². The average Bonchev–Trinajstić information content (AvgIpc) is 2.45. The van der Waals surface area contributed by atoms with Gasteiger partial charge in [0, 0.05) is 5.56 Å². The lowest BCUT2D eigenvalue weighted by molar-refractivity contribution is 0.477. The number of unbranched alkanes of at least 4 members (excludes halogenated alkanes) is 1. The van der Waals surface area contributed by atoms with Crippen molar-refractivity contribution < 1.29 is 5.11 Å². The van der Waals surface area contributed by atoms with E-state index < -0.39 is 0 Å². The Balaban J connectivity index is 2.48. The number of aromatic hydroxyl groups is 1. The third kappa shape index (κ3) is 3.22. The Morgan fingerprint density at radius 3 is 2.40 bits per heavy atom. The summed E-state index contributed by atoms with van der Waals surface area (Å²) in [4.78, 5) is 0. The monoisotopic (exact) mass is 268 g/mol. The molecule has 0 aromatic heterocycles. The molecule has 2 aromatic carbocycles. The Kier molecular flexibility index (Phi) is 4.84. The van der Waals surface area contributed by atoms with Crippen molar-refractivity contribution >= 4 is 0 Å². The third-order valence-corrected chi connectivity index (χ3v) is 3.79. The van der Waals surface area contributed by atoms with Gasteiger partial charge < -0.3 is 5.11 Å². The lowest BCUT2D eigenvalue weighted by Crippen LogP contribution is -1.95. The first-order chi connectivity index (χ1) is 9.63. The quantitative estimate of drug-likeness (QED) is 0.756. The number of phenolic OH excluding ortho intramolecular Hbond substituents is 1. The Morgan fingerprint density at radius 2 is 1.75 bits per heavy atom. The topological polar surface area (TPSA) is 20.2 Å². The van der Waals surface area contributed by atoms with Crippen LogP contribution in [-0.2, 0) is 6.42 Å². The van der Waals surface area contributed by atoms with E-state index in [9.17, 15) is 5.11 Å². The van der Waals surface area contributed by atoms with E-state index in [1.165, 1.54) is 29.5 Å². The molecule has 0 saturated carbocycles. The number of aryl methyl sites for hydroxylation is 1. The number of hydrogen-bond donors (Lipinski definition) is 1. The van der Waals surface area contributed by atoms with Gasteiger partial charge in [0.25, 0.3) is 0 Å². The zero-order valence-corrected chi connectivity index (χ0v) is 12.7. The molecule has 0 aliphatic heterocycles. The van der Waals surface area contributed by atoms with Crippen LogP contribution >= 0.6 is 0 Å². The van der Waals surface area contributed by atoms with Gasteiger partial charge in [-0.1, -0.05) is 63.6 Å². The van der Waals surface area contributed by atoms with E-state index >= 15 is 0 Å². The van der Waals surface area contributed by atoms with Crippen molar-refractivity contribution in [3.05, 3.63) is 53.6 Å². The van der Waals surface area contributed by atoms with Gasteiger partial charge in [-0.2, -0.15) is 0 Å². The molecule has 1 nitrogen and oxygen atoms in total. The fourth-order valence-electron chi connectivity index (χ4n) is 2.51. The molecule has 0 aliphatic rings. The molecular weight excluding hydrogens is 244 g/mol. The number of phenols is 1. The molecule has 1 N–H and O–H groups in total. The number of para-hydroxylation sites is 1. The van der Waals surface area contributed by atoms with E-state index in [1.807, 2.05) is 18.2 Å². The third-order valence-electron chi connectivity index (χ3n) is 3.79. The highest BCUT2D eigenvalue weighted by Crippen LogP contribution is 2.33. The van der Waals surface area contributed by atoms with Gasteiger partial charge >= 0.3 is 0 Å². The largest absolute Gasteiger partial charge is 0.507 e. The van der Waals surface area contributed by atoms with Gasteiger partial charge in [0.2, 0.25) is 0 Å². The molecule has 0 spiro atoms. The van der Waals surface area contributed by atoms with Crippen molar-refractivity contribution in [1.29, 1.82) is 0 Å². The van der Waals surface area contributed by atoms with Gasteiger partial charge in [-0.3, -0.25) is 0 Å². The lowest BCUT2D eigenvalue weighted by Gasteiger charge is -2.14. The maximum absolute atomic E-state index is 10.1. The van der Waals surface area contributed by atoms with Gasteiger partial charge in [-0.05, 0) is 41.5 Å². The normalized spacial score (nSPS) is 11.0. The van der Waals surface area contributed by atoms with Crippen molar-refractivity contribution in [2.45, 2.75) is 46.0 Å². The van der Waals surface area contributed by atoms with E-state index in [4.69, 9.17) is 0 Å². The highest BCUT2D eigenvalue weighted by atomic mass is 16.3. The van der Waals surface area contributed by atoms with E-state index in [-0.39, 0.29) is 0 Å². The molecule has 0 heterocycles. The molecule has 2 aromatic rings. The highest BCUT2D eigenvalue weighted by molar-refractivity contribution is 5.73. The second-order valence-corrected chi connectivity index (χ2v) is 5.69. The smallest absolute Gasteiger partial charge is 0.123 e. The summed E-state index contributed by atoms with van der Waals surface area (Å²) >= 11 is 0. The minimum atomic E-state index is 0.363. The first-order valence-electron chi connectivity index (χ1n) is 7.54. The van der Waals surface area contributed by atoms with Crippen LogP contribution in [0, 0.1) is 0 Å². The Hall–Kier alpha value is -1.76. The van der Waals surface area contributed by atoms with Gasteiger partial charge in [0.1, 0.15) is 5.75 Å². The highest BCUT2D eigenvalue weighted by Gasteiger charge is 2.10. The summed E-state index contributed by atoms with van der Waals surface area (Å²) < 4.78 is 0. The zero-order chi connectivity index (χ0) is 14.5. The molecule has 0 fully saturated rings. The van der Waals surface area contributed by atoms with Crippen LogP contribution in [0.2, 0.25) is 0 Å². The van der Waals surface area contributed by atoms with Gasteiger partial charge in [-0.25, -0.2) is 0 Å². The van der Waals surface area contributed by atoms with Gasteiger partial charge in [0.05, 0.1) is 0 Å². The fraction of sp³-hybridized carbons (Fsp3) is 0.368. The van der Waals surface area contributed by atoms with Crippen LogP contribution in [-0.4, -0.2) is 5.11 Å². The standard InChI is InChI=1S/C19H24O/c1-4-5-8-16-13-15(14(2)3)11-12-17(16)18-9-6-7-10-19(18)20/h6-7,9-14,20H,4-5,8H2,1-3H3. The average molecular weight is 268 g/mol. The van der Waals surface area contributed by atoms with Crippen LogP contribution in [0.25, 0.3) is 11.1 Å². The number of benzene rings is 2. The summed E-state index contributed by atoms with van der Waals surface area (Å²) in [5.41, 5.74) is 4.82. The minimum absolute atomic E-state index is 0.363. The molecule has 106 valence electrons. The molecule has 0 amide bonds. The number of hydrogen-bond acceptors (Lipinski definition) is 1. The van der Waals surface area contributed by atoms with Crippen LogP contribution in [0.3, 0.4) is 0 Å². The Bertz CT molecular complexity index is 570. The lowest BCUT2D eigenvalue weighted by atomic mass is 9.91. The predicted molar refractivity (Wildman–Crippen MR) is 86.2 cm³/mol. The van der Waals surface area contributed by atoms with Crippen LogP contribution in [0.4, 0.5) is 0 Å². The molecule has 0 aliphatic carbocycles. The predicted octanol–water partition coefficient (Wildman–Crippen LogP) is 5.53. The second kappa shape index (κ2) is 6.60. The maximum atomic E-state index is 10.1. The Labute approximate surface area is 122 Å². The summed E-state index contributed by atoms with van der Waals surface area (Å²) in [5, 5.41) is 10.1. The molecule has 0 bridgehead atoms. The zero-order valence-electron chi connectivity index (χ0n) is 12.7. The van der Waals surface area contributed by atoms with Crippen LogP contribution in [0.5, 0.6) is 5.75 Å². The molecular formula is C19H24O. The molecule has 20 heavy (non-hydrogen) atoms. The van der Waals surface area contributed by atoms with Gasteiger partial charge in [-0.15, -0.1) is 0 Å². The van der Waals surface area contributed by atoms with E-state index in [1.54, 1.807) is 6.07 Å². The molecule has 0 atom stereocenters. The van der Waals surface area contributed by atoms with E-state index in [2.05, 4.69) is 39.0 Å². The van der Waals surface area contributed by atoms with Crippen molar-refractivity contribution in [2.24, 2.45) is 0 Å². The molecule has 0 unspecified atom stereocenters. The van der Waals surface area contributed by atoms with Crippen LogP contribution in [0.15, 0.2) is 42.5 Å². The van der Waals surface area contributed by atoms with Crippen molar-refractivity contribution in [3.8, 4) is 16.9 Å². The number of rotatable bonds is 5. The van der Waals surface area contributed by atoms with E-state index in [0.29, 0.717) is 11.7 Å². The molecule has 0 radical (unpaired) electrons. The van der Waals surface area contributed by atoms with Crippen LogP contribution < -0.4 is 0 Å². The maximum Gasteiger partial charge on any atom is 0.123 e. The summed E-state index contributed by atoms with van der Waals surface area (Å²) in [6, 6.07) is 14.3. The molecule has 0 saturated heterocycles. The van der Waals surface area contributed by atoms with Crippen molar-refractivity contribution in [3.63, 3.8) is 0 Å². The van der Waals surface area contributed by atoms with Crippen molar-refractivity contribution in [2.75, 3.05) is 0 Å². The van der Waals surface area contributed by atoms with Crippen molar-refractivity contribution in [1.82, 2.24) is 0 Å². The molecule has 2 rings (SSSR count). The summed E-state index contributed by atoms with van der Waals surface area (Å²) in [6.45, 7) is 6.66. The summed E-state index contributed by atoms with van der Waals surface area (Å²) in [7, 11) is 0. The second-order valence-electron chi connectivity index (χ2n) is 5.69. The van der Waals surface area contributed by atoms with E-state index in [0.717, 1.165) is 12.0 Å². The first kappa shape index (κ1) is 14.6. The summed E-state index contributed by atoms with van der Waals surface area (Å²) in [6.07, 6.45) is 3.44. The fourth-order valence-corrected chi connectivity index (χ4v) is 2.51. The minimum Gasteiger partial charge on any atom is -0.507 e. The molecule has 1 heteroatoms. The summed E-state index contributed by atoms with van der Waals surface area (Å²) in [5.74, 6) is 0.899. The van der Waals surface area contributed by atoms with Gasteiger partial charge in [0.15, 0.2) is 0 Å².